The fourth-order valence-electron chi connectivity index (χ4n) is 4.05. The lowest BCUT2D eigenvalue weighted by Crippen LogP contribution is -2.49. The number of carbonyl (C=O) groups is 2. The molecule has 1 saturated heterocycles. The van der Waals surface area contributed by atoms with Gasteiger partial charge in [0.15, 0.2) is 5.82 Å². The first-order valence-electron chi connectivity index (χ1n) is 12.2. The number of pyridine rings is 1. The second-order valence-electron chi connectivity index (χ2n) is 9.02. The quantitative estimate of drug-likeness (QED) is 0.192. The molecule has 0 spiro atoms. The van der Waals surface area contributed by atoms with Crippen LogP contribution in [0, 0.1) is 11.6 Å². The lowest BCUT2D eigenvalue weighted by Gasteiger charge is -2.22. The molecule has 1 unspecified atom stereocenters. The molecule has 15 heteroatoms. The Kier molecular flexibility index (Phi) is 9.89. The summed E-state index contributed by atoms with van der Waals surface area (Å²) in [7, 11) is -2.73. The number of nitrogens with one attached hydrogen (secondary N) is 5. The monoisotopic (exact) mass is 558 g/mol. The average Bonchev–Trinajstić information content (AvgIpc) is 3.38. The molecule has 0 saturated carbocycles. The van der Waals surface area contributed by atoms with E-state index in [4.69, 9.17) is 0 Å². The second kappa shape index (κ2) is 12.7. The number of carbonyl (C=O) groups excluding carboxylic acids is 1. The van der Waals surface area contributed by atoms with Crippen LogP contribution in [0.2, 0.25) is 0 Å². The van der Waals surface area contributed by atoms with E-state index in [1.807, 2.05) is 4.72 Å². The normalized spacial score (nSPS) is 15.2. The zero-order chi connectivity index (χ0) is 28.0. The SMILES string of the molecule is CCCCS(=O)(=O)NC(CN(C)C(=O)c1c[nH]c2c(F)c(CCNC3NCCN3)c(F)cc2c1=O)C(=O)O. The van der Waals surface area contributed by atoms with Crippen LogP contribution in [0.1, 0.15) is 35.7 Å². The smallest absolute Gasteiger partial charge is 0.323 e. The molecule has 1 aliphatic heterocycles. The van der Waals surface area contributed by atoms with Crippen molar-refractivity contribution in [3.8, 4) is 0 Å². The van der Waals surface area contributed by atoms with Crippen LogP contribution in [0.3, 0.4) is 0 Å². The Morgan fingerprint density at radius 1 is 1.26 bits per heavy atom. The van der Waals surface area contributed by atoms with E-state index in [-0.39, 0.29) is 41.5 Å². The Morgan fingerprint density at radius 2 is 1.95 bits per heavy atom. The highest BCUT2D eigenvalue weighted by Gasteiger charge is 2.28. The molecule has 2 aromatic rings. The summed E-state index contributed by atoms with van der Waals surface area (Å²) in [6.07, 6.45) is 1.71. The molecule has 6 N–H and O–H groups in total. The zero-order valence-corrected chi connectivity index (χ0v) is 21.9. The van der Waals surface area contributed by atoms with Gasteiger partial charge in [-0.3, -0.25) is 30.3 Å². The number of aliphatic carboxylic acids is 1. The fraction of sp³-hybridized carbons (Fsp3) is 0.522. The molecule has 1 amide bonds. The van der Waals surface area contributed by atoms with Gasteiger partial charge in [-0.1, -0.05) is 13.3 Å². The van der Waals surface area contributed by atoms with Gasteiger partial charge in [-0.2, -0.15) is 4.72 Å². The number of aromatic nitrogens is 1. The van der Waals surface area contributed by atoms with Crippen molar-refractivity contribution in [2.75, 3.05) is 39.0 Å². The van der Waals surface area contributed by atoms with Crippen molar-refractivity contribution in [2.45, 2.75) is 38.5 Å². The van der Waals surface area contributed by atoms with Crippen molar-refractivity contribution >= 4 is 32.8 Å². The van der Waals surface area contributed by atoms with Gasteiger partial charge in [0.25, 0.3) is 5.91 Å². The summed E-state index contributed by atoms with van der Waals surface area (Å²) in [6.45, 7) is 2.97. The first kappa shape index (κ1) is 29.6. The number of amides is 1. The molecule has 1 atom stereocenters. The first-order valence-corrected chi connectivity index (χ1v) is 13.8. The summed E-state index contributed by atoms with van der Waals surface area (Å²) in [5.74, 6) is -4.63. The van der Waals surface area contributed by atoms with Gasteiger partial charge in [-0.15, -0.1) is 0 Å². The summed E-state index contributed by atoms with van der Waals surface area (Å²) in [6, 6.07) is -0.803. The largest absolute Gasteiger partial charge is 0.480 e. The van der Waals surface area contributed by atoms with Gasteiger partial charge in [-0.05, 0) is 18.9 Å². The fourth-order valence-corrected chi connectivity index (χ4v) is 5.45. The first-order chi connectivity index (χ1) is 17.9. The standard InChI is InChI=1S/C23H32F2N6O6S/c1-3-4-9-38(36,37)30-17(22(34)35)12-31(2)21(33)15-11-29-19-14(20(15)32)10-16(24)13(18(19)25)5-6-26-23-27-7-8-28-23/h10-11,17,23,26-28,30H,3-9,12H2,1-2H3,(H,29,32)(H,34,35). The Balaban J connectivity index is 1.79. The minimum absolute atomic E-state index is 0.00363. The number of halogens is 2. The molecule has 3 rings (SSSR count). The molecule has 0 aliphatic carbocycles. The number of hydrogen-bond acceptors (Lipinski definition) is 8. The van der Waals surface area contributed by atoms with Gasteiger partial charge in [0.1, 0.15) is 23.7 Å². The molecular formula is C23H32F2N6O6S. The third kappa shape index (κ3) is 7.11. The van der Waals surface area contributed by atoms with E-state index in [2.05, 4.69) is 20.9 Å². The van der Waals surface area contributed by atoms with Crippen molar-refractivity contribution in [2.24, 2.45) is 0 Å². The summed E-state index contributed by atoms with van der Waals surface area (Å²) >= 11 is 0. The number of likely N-dealkylation sites (N-methyl/N-ethyl adjacent to an activating group) is 1. The second-order valence-corrected chi connectivity index (χ2v) is 10.9. The highest BCUT2D eigenvalue weighted by Crippen LogP contribution is 2.21. The van der Waals surface area contributed by atoms with E-state index in [9.17, 15) is 32.3 Å². The summed E-state index contributed by atoms with van der Waals surface area (Å²) < 4.78 is 56.2. The minimum Gasteiger partial charge on any atom is -0.480 e. The van der Waals surface area contributed by atoms with Crippen molar-refractivity contribution in [3.05, 3.63) is 45.2 Å². The van der Waals surface area contributed by atoms with Gasteiger partial charge in [0, 0.05) is 45.0 Å². The van der Waals surface area contributed by atoms with E-state index in [0.717, 1.165) is 30.3 Å². The maximum absolute atomic E-state index is 15.1. The van der Waals surface area contributed by atoms with E-state index in [0.29, 0.717) is 12.8 Å². The van der Waals surface area contributed by atoms with Gasteiger partial charge < -0.3 is 15.0 Å². The number of carboxylic acids is 1. The number of fused-ring (bicyclic) bond motifs is 1. The van der Waals surface area contributed by atoms with Crippen LogP contribution in [0.5, 0.6) is 0 Å². The van der Waals surface area contributed by atoms with Gasteiger partial charge in [-0.25, -0.2) is 17.2 Å². The molecule has 1 fully saturated rings. The molecular weight excluding hydrogens is 526 g/mol. The van der Waals surface area contributed by atoms with Crippen LogP contribution in [-0.4, -0.2) is 86.6 Å². The molecule has 1 aromatic carbocycles. The molecule has 1 aliphatic rings. The van der Waals surface area contributed by atoms with Gasteiger partial charge >= 0.3 is 5.97 Å². The highest BCUT2D eigenvalue weighted by atomic mass is 32.2. The predicted molar refractivity (Wildman–Crippen MR) is 136 cm³/mol. The highest BCUT2D eigenvalue weighted by molar-refractivity contribution is 7.89. The van der Waals surface area contributed by atoms with Crippen molar-refractivity contribution < 1.29 is 31.9 Å². The number of H-pyrrole nitrogens is 1. The molecule has 12 nitrogen and oxygen atoms in total. The topological polar surface area (TPSA) is 173 Å². The van der Waals surface area contributed by atoms with Crippen molar-refractivity contribution in [1.82, 2.24) is 30.6 Å². The number of aromatic amines is 1. The van der Waals surface area contributed by atoms with E-state index in [1.54, 1.807) is 6.92 Å². The summed E-state index contributed by atoms with van der Waals surface area (Å²) in [5, 5.41) is 18.3. The number of carboxylic acid groups (broad SMARTS) is 1. The molecule has 1 aromatic heterocycles. The molecule has 38 heavy (non-hydrogen) atoms. The summed E-state index contributed by atoms with van der Waals surface area (Å²) in [5.41, 5.74) is -1.93. The number of nitrogens with zero attached hydrogens (tertiary/aromatic N) is 1. The Bertz CT molecular complexity index is 1350. The third-order valence-electron chi connectivity index (χ3n) is 6.13. The van der Waals surface area contributed by atoms with Crippen LogP contribution < -0.4 is 26.1 Å². The van der Waals surface area contributed by atoms with Gasteiger partial charge in [0.05, 0.1) is 16.7 Å². The Labute approximate surface area is 218 Å². The van der Waals surface area contributed by atoms with E-state index >= 15 is 4.39 Å². The Morgan fingerprint density at radius 3 is 2.58 bits per heavy atom. The van der Waals surface area contributed by atoms with Crippen molar-refractivity contribution in [3.63, 3.8) is 0 Å². The number of sulfonamides is 1. The predicted octanol–water partition coefficient (Wildman–Crippen LogP) is -0.340. The maximum atomic E-state index is 15.1. The van der Waals surface area contributed by atoms with Gasteiger partial charge in [0.2, 0.25) is 15.5 Å². The number of benzene rings is 1. The lowest BCUT2D eigenvalue weighted by molar-refractivity contribution is -0.139. The van der Waals surface area contributed by atoms with Crippen LogP contribution in [-0.2, 0) is 21.2 Å². The summed E-state index contributed by atoms with van der Waals surface area (Å²) in [4.78, 5) is 40.9. The molecule has 2 heterocycles. The Hall–Kier alpha value is -2.98. The van der Waals surface area contributed by atoms with Crippen LogP contribution >= 0.6 is 0 Å². The van der Waals surface area contributed by atoms with Crippen molar-refractivity contribution in [1.29, 1.82) is 0 Å². The minimum atomic E-state index is -3.92. The van der Waals surface area contributed by atoms with Crippen LogP contribution in [0.4, 0.5) is 8.78 Å². The van der Waals surface area contributed by atoms with Crippen LogP contribution in [0.15, 0.2) is 17.1 Å². The molecule has 210 valence electrons. The van der Waals surface area contributed by atoms with E-state index in [1.165, 1.54) is 7.05 Å². The lowest BCUT2D eigenvalue weighted by atomic mass is 10.0. The van der Waals surface area contributed by atoms with E-state index < -0.39 is 57.1 Å². The number of unbranched alkanes of at least 4 members (excludes halogenated alkanes) is 1. The van der Waals surface area contributed by atoms with Crippen LogP contribution in [0.25, 0.3) is 10.9 Å². The molecule has 0 bridgehead atoms. The average molecular weight is 559 g/mol. The zero-order valence-electron chi connectivity index (χ0n) is 21.1. The molecule has 0 radical (unpaired) electrons. The maximum Gasteiger partial charge on any atom is 0.323 e. The number of rotatable bonds is 13. The third-order valence-corrected chi connectivity index (χ3v) is 7.60. The number of hydrogen-bond donors (Lipinski definition) is 6.